The molecule has 1 heterocycles. The number of hydrogen-bond acceptors (Lipinski definition) is 3. The van der Waals surface area contributed by atoms with Gasteiger partial charge in [-0.2, -0.15) is 0 Å². The minimum atomic E-state index is -0.253. The van der Waals surface area contributed by atoms with Crippen molar-refractivity contribution in [3.8, 4) is 0 Å². The lowest BCUT2D eigenvalue weighted by atomic mass is 10.2. The summed E-state index contributed by atoms with van der Waals surface area (Å²) in [4.78, 5) is 15.0. The van der Waals surface area contributed by atoms with Crippen LogP contribution < -0.4 is 5.32 Å². The molecular formula is C16H19FN2OS. The minimum absolute atomic E-state index is 0.0140. The van der Waals surface area contributed by atoms with Crippen molar-refractivity contribution < 1.29 is 9.18 Å². The van der Waals surface area contributed by atoms with Gasteiger partial charge in [0.2, 0.25) is 5.91 Å². The molecule has 0 saturated carbocycles. The molecule has 0 unspecified atom stereocenters. The largest absolute Gasteiger partial charge is 0.348 e. The van der Waals surface area contributed by atoms with Crippen molar-refractivity contribution >= 4 is 17.2 Å². The van der Waals surface area contributed by atoms with Crippen molar-refractivity contribution in [1.29, 1.82) is 0 Å². The fraction of sp³-hybridized carbons (Fsp3) is 0.312. The summed E-state index contributed by atoms with van der Waals surface area (Å²) in [6, 6.07) is 10.4. The fourth-order valence-corrected chi connectivity index (χ4v) is 2.88. The third-order valence-corrected chi connectivity index (χ3v) is 4.16. The SMILES string of the molecule is C[C@H](NC(=O)CN(C)Cc1cccc(F)c1)c1cccs1. The second-order valence-electron chi connectivity index (χ2n) is 5.11. The van der Waals surface area contributed by atoms with Gasteiger partial charge in [-0.3, -0.25) is 9.69 Å². The smallest absolute Gasteiger partial charge is 0.234 e. The Hall–Kier alpha value is -1.72. The quantitative estimate of drug-likeness (QED) is 0.889. The number of carbonyl (C=O) groups is 1. The van der Waals surface area contributed by atoms with Gasteiger partial charge in [-0.25, -0.2) is 4.39 Å². The lowest BCUT2D eigenvalue weighted by Gasteiger charge is -2.18. The number of nitrogens with zero attached hydrogens (tertiary/aromatic N) is 1. The van der Waals surface area contributed by atoms with E-state index in [0.717, 1.165) is 10.4 Å². The van der Waals surface area contributed by atoms with Gasteiger partial charge in [0.15, 0.2) is 0 Å². The van der Waals surface area contributed by atoms with Crippen LogP contribution in [0.3, 0.4) is 0 Å². The van der Waals surface area contributed by atoms with Gasteiger partial charge in [-0.15, -0.1) is 11.3 Å². The van der Waals surface area contributed by atoms with Gasteiger partial charge in [0.1, 0.15) is 5.82 Å². The Morgan fingerprint density at radius 1 is 1.38 bits per heavy atom. The normalized spacial score (nSPS) is 12.4. The van der Waals surface area contributed by atoms with E-state index in [2.05, 4.69) is 5.32 Å². The van der Waals surface area contributed by atoms with Crippen LogP contribution in [-0.4, -0.2) is 24.4 Å². The average molecular weight is 306 g/mol. The van der Waals surface area contributed by atoms with Gasteiger partial charge < -0.3 is 5.32 Å². The molecule has 0 aliphatic rings. The molecule has 1 aromatic carbocycles. The average Bonchev–Trinajstić information content (AvgIpc) is 2.91. The van der Waals surface area contributed by atoms with Crippen LogP contribution in [0.25, 0.3) is 0 Å². The highest BCUT2D eigenvalue weighted by Gasteiger charge is 2.12. The van der Waals surface area contributed by atoms with Gasteiger partial charge in [0, 0.05) is 11.4 Å². The third kappa shape index (κ3) is 4.95. The van der Waals surface area contributed by atoms with Crippen molar-refractivity contribution in [1.82, 2.24) is 10.2 Å². The van der Waals surface area contributed by atoms with Crippen molar-refractivity contribution in [2.24, 2.45) is 0 Å². The van der Waals surface area contributed by atoms with Gasteiger partial charge in [0.05, 0.1) is 12.6 Å². The number of likely N-dealkylation sites (N-methyl/N-ethyl adjacent to an activating group) is 1. The number of hydrogen-bond donors (Lipinski definition) is 1. The highest BCUT2D eigenvalue weighted by molar-refractivity contribution is 7.10. The fourth-order valence-electron chi connectivity index (χ4n) is 2.14. The van der Waals surface area contributed by atoms with Crippen molar-refractivity contribution in [2.45, 2.75) is 19.5 Å². The first-order chi connectivity index (χ1) is 10.0. The summed E-state index contributed by atoms with van der Waals surface area (Å²) in [7, 11) is 1.85. The Morgan fingerprint density at radius 3 is 2.86 bits per heavy atom. The van der Waals surface area contributed by atoms with Gasteiger partial charge >= 0.3 is 0 Å². The predicted molar refractivity (Wildman–Crippen MR) is 83.6 cm³/mol. The lowest BCUT2D eigenvalue weighted by molar-refractivity contribution is -0.122. The third-order valence-electron chi connectivity index (χ3n) is 3.10. The molecule has 0 aliphatic carbocycles. The highest BCUT2D eigenvalue weighted by atomic mass is 32.1. The number of carbonyl (C=O) groups excluding carboxylic acids is 1. The molecule has 1 aromatic heterocycles. The number of nitrogens with one attached hydrogen (secondary N) is 1. The van der Waals surface area contributed by atoms with Gasteiger partial charge in [-0.1, -0.05) is 18.2 Å². The van der Waals surface area contributed by atoms with E-state index in [1.165, 1.54) is 12.1 Å². The van der Waals surface area contributed by atoms with Crippen LogP contribution in [0.1, 0.15) is 23.4 Å². The molecule has 5 heteroatoms. The predicted octanol–water partition coefficient (Wildman–Crippen LogP) is 3.20. The Bertz CT molecular complexity index is 586. The summed E-state index contributed by atoms with van der Waals surface area (Å²) in [5.74, 6) is -0.286. The highest BCUT2D eigenvalue weighted by Crippen LogP contribution is 2.17. The van der Waals surface area contributed by atoms with E-state index in [9.17, 15) is 9.18 Å². The van der Waals surface area contributed by atoms with E-state index >= 15 is 0 Å². The maximum atomic E-state index is 13.1. The van der Waals surface area contributed by atoms with E-state index in [1.54, 1.807) is 17.4 Å². The summed E-state index contributed by atoms with van der Waals surface area (Å²) in [6.45, 7) is 2.79. The summed E-state index contributed by atoms with van der Waals surface area (Å²) in [5, 5.41) is 4.96. The summed E-state index contributed by atoms with van der Waals surface area (Å²) >= 11 is 1.63. The molecule has 2 rings (SSSR count). The monoisotopic (exact) mass is 306 g/mol. The summed E-state index contributed by atoms with van der Waals surface area (Å²) < 4.78 is 13.1. The second kappa shape index (κ2) is 7.33. The molecule has 21 heavy (non-hydrogen) atoms. The van der Waals surface area contributed by atoms with Crippen molar-refractivity contribution in [3.63, 3.8) is 0 Å². The maximum absolute atomic E-state index is 13.1. The summed E-state index contributed by atoms with van der Waals surface area (Å²) in [6.07, 6.45) is 0. The molecule has 0 aliphatic heterocycles. The Kier molecular flexibility index (Phi) is 5.47. The van der Waals surface area contributed by atoms with E-state index in [1.807, 2.05) is 42.5 Å². The Labute approximate surface area is 128 Å². The van der Waals surface area contributed by atoms with E-state index in [4.69, 9.17) is 0 Å². The molecule has 0 radical (unpaired) electrons. The van der Waals surface area contributed by atoms with Crippen LogP contribution >= 0.6 is 11.3 Å². The van der Waals surface area contributed by atoms with E-state index < -0.39 is 0 Å². The van der Waals surface area contributed by atoms with Gasteiger partial charge in [-0.05, 0) is 43.1 Å². The first-order valence-electron chi connectivity index (χ1n) is 6.80. The molecule has 1 atom stereocenters. The van der Waals surface area contributed by atoms with Gasteiger partial charge in [0.25, 0.3) is 0 Å². The van der Waals surface area contributed by atoms with E-state index in [-0.39, 0.29) is 24.3 Å². The maximum Gasteiger partial charge on any atom is 0.234 e. The zero-order valence-corrected chi connectivity index (χ0v) is 13.0. The van der Waals surface area contributed by atoms with Crippen LogP contribution in [0, 0.1) is 5.82 Å². The molecule has 3 nitrogen and oxygen atoms in total. The molecule has 0 saturated heterocycles. The minimum Gasteiger partial charge on any atom is -0.348 e. The Balaban J connectivity index is 1.82. The lowest BCUT2D eigenvalue weighted by Crippen LogP contribution is -2.36. The number of thiophene rings is 1. The van der Waals surface area contributed by atoms with Crippen LogP contribution in [0.15, 0.2) is 41.8 Å². The van der Waals surface area contributed by atoms with Crippen LogP contribution in [-0.2, 0) is 11.3 Å². The topological polar surface area (TPSA) is 32.3 Å². The zero-order valence-electron chi connectivity index (χ0n) is 12.2. The second-order valence-corrected chi connectivity index (χ2v) is 6.09. The molecule has 1 N–H and O–H groups in total. The van der Waals surface area contributed by atoms with Crippen molar-refractivity contribution in [2.75, 3.05) is 13.6 Å². The van der Waals surface area contributed by atoms with Crippen LogP contribution in [0.4, 0.5) is 4.39 Å². The molecular weight excluding hydrogens is 287 g/mol. The summed E-state index contributed by atoms with van der Waals surface area (Å²) in [5.41, 5.74) is 0.858. The first kappa shape index (κ1) is 15.7. The molecule has 1 amide bonds. The van der Waals surface area contributed by atoms with Crippen molar-refractivity contribution in [3.05, 3.63) is 58.0 Å². The molecule has 2 aromatic rings. The number of rotatable bonds is 6. The molecule has 0 fully saturated rings. The molecule has 0 spiro atoms. The number of halogens is 1. The number of amides is 1. The Morgan fingerprint density at radius 2 is 2.19 bits per heavy atom. The first-order valence-corrected chi connectivity index (χ1v) is 7.68. The molecule has 112 valence electrons. The number of benzene rings is 1. The van der Waals surface area contributed by atoms with Crippen LogP contribution in [0.5, 0.6) is 0 Å². The zero-order chi connectivity index (χ0) is 15.2. The van der Waals surface area contributed by atoms with E-state index in [0.29, 0.717) is 6.54 Å². The standard InChI is InChI=1S/C16H19FN2OS/c1-12(15-7-4-8-21-15)18-16(20)11-19(2)10-13-5-3-6-14(17)9-13/h3-9,12H,10-11H2,1-2H3,(H,18,20)/t12-/m0/s1. The molecule has 0 bridgehead atoms. The van der Waals surface area contributed by atoms with Crippen LogP contribution in [0.2, 0.25) is 0 Å².